The number of carbonyl (C=O) groups excluding carboxylic acids is 1. The molecule has 1 heterocycles. The normalized spacial score (nSPS) is 10.6. The van der Waals surface area contributed by atoms with E-state index < -0.39 is 5.82 Å². The van der Waals surface area contributed by atoms with Gasteiger partial charge in [-0.1, -0.05) is 23.2 Å². The highest BCUT2D eigenvalue weighted by Gasteiger charge is 2.08. The van der Waals surface area contributed by atoms with Crippen LogP contribution in [0.3, 0.4) is 0 Å². The molecule has 0 saturated heterocycles. The molecule has 0 aliphatic heterocycles. The van der Waals surface area contributed by atoms with Gasteiger partial charge in [-0.25, -0.2) is 4.39 Å². The Balaban J connectivity index is 1.80. The maximum atomic E-state index is 13.5. The summed E-state index contributed by atoms with van der Waals surface area (Å²) in [6.45, 7) is 0. The van der Waals surface area contributed by atoms with E-state index in [-0.39, 0.29) is 17.3 Å². The van der Waals surface area contributed by atoms with E-state index in [1.807, 2.05) is 12.1 Å². The van der Waals surface area contributed by atoms with Crippen LogP contribution in [-0.4, -0.2) is 11.7 Å². The number of nitrogens with one attached hydrogen (secondary N) is 1. The van der Waals surface area contributed by atoms with Gasteiger partial charge < -0.3 is 5.32 Å². The van der Waals surface area contributed by atoms with E-state index in [1.54, 1.807) is 0 Å². The molecule has 2 aromatic rings. The van der Waals surface area contributed by atoms with E-state index in [2.05, 4.69) is 5.32 Å². The summed E-state index contributed by atoms with van der Waals surface area (Å²) in [5.74, 6) is 0.158. The first kappa shape index (κ1) is 15.6. The number of halogens is 3. The number of carbonyl (C=O) groups is 1. The minimum Gasteiger partial charge on any atom is -0.323 e. The average molecular weight is 350 g/mol. The zero-order valence-corrected chi connectivity index (χ0v) is 13.3. The Bertz CT molecular complexity index is 618. The molecule has 1 amide bonds. The summed E-state index contributed by atoms with van der Waals surface area (Å²) < 4.78 is 14.2. The van der Waals surface area contributed by atoms with Crippen molar-refractivity contribution in [2.24, 2.45) is 0 Å². The van der Waals surface area contributed by atoms with Crippen LogP contribution in [0.15, 0.2) is 30.3 Å². The van der Waals surface area contributed by atoms with E-state index in [9.17, 15) is 9.18 Å². The Morgan fingerprint density at radius 3 is 2.75 bits per heavy atom. The van der Waals surface area contributed by atoms with Gasteiger partial charge in [0, 0.05) is 15.7 Å². The molecule has 106 valence electrons. The molecule has 1 aromatic carbocycles. The summed E-state index contributed by atoms with van der Waals surface area (Å²) in [5.41, 5.74) is 0.138. The van der Waals surface area contributed by atoms with E-state index in [0.717, 1.165) is 15.3 Å². The van der Waals surface area contributed by atoms with Crippen molar-refractivity contribution in [1.29, 1.82) is 0 Å². The minimum atomic E-state index is -0.541. The topological polar surface area (TPSA) is 29.1 Å². The monoisotopic (exact) mass is 349 g/mol. The number of anilines is 1. The number of thiophene rings is 1. The Labute approximate surface area is 134 Å². The van der Waals surface area contributed by atoms with Crippen molar-refractivity contribution in [2.75, 3.05) is 11.1 Å². The molecule has 2 rings (SSSR count). The minimum absolute atomic E-state index is 0.138. The number of amides is 1. The van der Waals surface area contributed by atoms with E-state index >= 15 is 0 Å². The van der Waals surface area contributed by atoms with Crippen LogP contribution in [0, 0.1) is 5.82 Å². The standard InChI is InChI=1S/C13H10Cl2FNOS2/c14-8-1-3-11(10(16)5-8)17-13(18)7-19-6-9-2-4-12(15)20-9/h1-5H,6-7H2,(H,17,18). The molecule has 2 nitrogen and oxygen atoms in total. The van der Waals surface area contributed by atoms with Gasteiger partial charge in [0.05, 0.1) is 15.8 Å². The Kier molecular flexibility index (Phi) is 5.72. The molecular weight excluding hydrogens is 340 g/mol. The van der Waals surface area contributed by atoms with Gasteiger partial charge >= 0.3 is 0 Å². The second kappa shape index (κ2) is 7.31. The highest BCUT2D eigenvalue weighted by atomic mass is 35.5. The molecule has 0 fully saturated rings. The third-order valence-electron chi connectivity index (χ3n) is 2.31. The van der Waals surface area contributed by atoms with Crippen molar-refractivity contribution in [3.05, 3.63) is 50.4 Å². The van der Waals surface area contributed by atoms with Crippen LogP contribution in [0.1, 0.15) is 4.88 Å². The van der Waals surface area contributed by atoms with Gasteiger partial charge in [-0.05, 0) is 30.3 Å². The summed E-state index contributed by atoms with van der Waals surface area (Å²) in [7, 11) is 0. The third kappa shape index (κ3) is 4.66. The fourth-order valence-electron chi connectivity index (χ4n) is 1.45. The zero-order chi connectivity index (χ0) is 14.5. The van der Waals surface area contributed by atoms with Gasteiger partial charge in [-0.2, -0.15) is 0 Å². The number of thioether (sulfide) groups is 1. The molecule has 0 unspecified atom stereocenters. The first-order valence-corrected chi connectivity index (χ1v) is 8.34. The van der Waals surface area contributed by atoms with Crippen molar-refractivity contribution in [3.63, 3.8) is 0 Å². The number of rotatable bonds is 5. The Morgan fingerprint density at radius 2 is 2.10 bits per heavy atom. The lowest BCUT2D eigenvalue weighted by Gasteiger charge is -2.06. The molecule has 0 aliphatic carbocycles. The van der Waals surface area contributed by atoms with Gasteiger partial charge in [0.15, 0.2) is 0 Å². The molecule has 0 aliphatic rings. The second-order valence-corrected chi connectivity index (χ2v) is 7.09. The van der Waals surface area contributed by atoms with Crippen LogP contribution >= 0.6 is 46.3 Å². The first-order chi connectivity index (χ1) is 9.54. The predicted octanol–water partition coefficient (Wildman–Crippen LogP) is 5.07. The molecular formula is C13H10Cl2FNOS2. The maximum Gasteiger partial charge on any atom is 0.234 e. The molecule has 0 bridgehead atoms. The summed E-state index contributed by atoms with van der Waals surface area (Å²) in [6.07, 6.45) is 0. The van der Waals surface area contributed by atoms with Gasteiger partial charge in [-0.15, -0.1) is 23.1 Å². The molecule has 0 saturated carbocycles. The Hall–Kier alpha value is -0.750. The zero-order valence-electron chi connectivity index (χ0n) is 10.2. The molecule has 20 heavy (non-hydrogen) atoms. The van der Waals surface area contributed by atoms with Gasteiger partial charge in [0.2, 0.25) is 5.91 Å². The van der Waals surface area contributed by atoms with Crippen molar-refractivity contribution in [2.45, 2.75) is 5.75 Å². The van der Waals surface area contributed by atoms with Gasteiger partial charge in [0.1, 0.15) is 5.82 Å². The molecule has 7 heteroatoms. The lowest BCUT2D eigenvalue weighted by Crippen LogP contribution is -2.15. The van der Waals surface area contributed by atoms with Crippen LogP contribution in [-0.2, 0) is 10.5 Å². The van der Waals surface area contributed by atoms with Crippen molar-refractivity contribution in [1.82, 2.24) is 0 Å². The maximum absolute atomic E-state index is 13.5. The molecule has 1 aromatic heterocycles. The molecule has 0 atom stereocenters. The van der Waals surface area contributed by atoms with Crippen LogP contribution in [0.4, 0.5) is 10.1 Å². The van der Waals surface area contributed by atoms with Crippen molar-refractivity contribution < 1.29 is 9.18 Å². The summed E-state index contributed by atoms with van der Waals surface area (Å²) in [5, 5.41) is 2.81. The van der Waals surface area contributed by atoms with Gasteiger partial charge in [-0.3, -0.25) is 4.79 Å². The van der Waals surface area contributed by atoms with Crippen molar-refractivity contribution >= 4 is 57.9 Å². The fraction of sp³-hybridized carbons (Fsp3) is 0.154. The lowest BCUT2D eigenvalue weighted by molar-refractivity contribution is -0.113. The van der Waals surface area contributed by atoms with E-state index in [0.29, 0.717) is 10.8 Å². The molecule has 0 spiro atoms. The van der Waals surface area contributed by atoms with E-state index in [1.165, 1.54) is 35.2 Å². The van der Waals surface area contributed by atoms with Crippen LogP contribution in [0.2, 0.25) is 9.36 Å². The fourth-order valence-corrected chi connectivity index (χ4v) is 3.64. The predicted molar refractivity (Wildman–Crippen MR) is 85.5 cm³/mol. The number of benzene rings is 1. The number of hydrogen-bond acceptors (Lipinski definition) is 3. The quantitative estimate of drug-likeness (QED) is 0.816. The lowest BCUT2D eigenvalue weighted by atomic mass is 10.3. The van der Waals surface area contributed by atoms with Crippen LogP contribution < -0.4 is 5.32 Å². The Morgan fingerprint density at radius 1 is 1.30 bits per heavy atom. The highest BCUT2D eigenvalue weighted by Crippen LogP contribution is 2.25. The smallest absolute Gasteiger partial charge is 0.234 e. The third-order valence-corrected chi connectivity index (χ3v) is 4.94. The average Bonchev–Trinajstić information content (AvgIpc) is 2.79. The van der Waals surface area contributed by atoms with Crippen LogP contribution in [0.25, 0.3) is 0 Å². The number of hydrogen-bond donors (Lipinski definition) is 1. The SMILES string of the molecule is O=C(CSCc1ccc(Cl)s1)Nc1ccc(Cl)cc1F. The van der Waals surface area contributed by atoms with E-state index in [4.69, 9.17) is 23.2 Å². The van der Waals surface area contributed by atoms with Crippen LogP contribution in [0.5, 0.6) is 0 Å². The summed E-state index contributed by atoms with van der Waals surface area (Å²) in [4.78, 5) is 12.8. The highest BCUT2D eigenvalue weighted by molar-refractivity contribution is 7.99. The first-order valence-electron chi connectivity index (χ1n) is 5.61. The summed E-state index contributed by atoms with van der Waals surface area (Å²) in [6, 6.07) is 7.89. The molecule has 0 radical (unpaired) electrons. The largest absolute Gasteiger partial charge is 0.323 e. The molecule has 1 N–H and O–H groups in total. The second-order valence-electron chi connectivity index (χ2n) is 3.87. The van der Waals surface area contributed by atoms with Crippen molar-refractivity contribution in [3.8, 4) is 0 Å². The summed E-state index contributed by atoms with van der Waals surface area (Å²) >= 11 is 14.4. The van der Waals surface area contributed by atoms with Gasteiger partial charge in [0.25, 0.3) is 0 Å².